The van der Waals surface area contributed by atoms with E-state index in [9.17, 15) is 0 Å². The van der Waals surface area contributed by atoms with E-state index in [2.05, 4.69) is 0 Å². The van der Waals surface area contributed by atoms with Crippen molar-refractivity contribution in [3.05, 3.63) is 0 Å². The second-order valence-corrected chi connectivity index (χ2v) is 0. The fourth-order valence-electron chi connectivity index (χ4n) is 0. The molecule has 0 N–H and O–H groups in total. The van der Waals surface area contributed by atoms with Crippen molar-refractivity contribution in [1.82, 2.24) is 0 Å². The fourth-order valence-corrected chi connectivity index (χ4v) is 0. The van der Waals surface area contributed by atoms with Crippen LogP contribution in [-0.4, -0.2) is 0 Å². The van der Waals surface area contributed by atoms with Gasteiger partial charge in [-0.25, -0.2) is 0 Å². The van der Waals surface area contributed by atoms with Gasteiger partial charge >= 0.3 is 49.8 Å². The van der Waals surface area contributed by atoms with Gasteiger partial charge in [0.1, 0.15) is 0 Å². The van der Waals surface area contributed by atoms with Gasteiger partial charge in [-0.3, -0.25) is 0 Å². The van der Waals surface area contributed by atoms with Gasteiger partial charge in [-0.15, -0.1) is 0 Å². The van der Waals surface area contributed by atoms with Crippen molar-refractivity contribution in [3.63, 3.8) is 0 Å². The first kappa shape index (κ1) is 87.1. The maximum atomic E-state index is 0. The largest absolute Gasteiger partial charge is 3.00 e. The summed E-state index contributed by atoms with van der Waals surface area (Å²) in [4.78, 5) is 0. The van der Waals surface area contributed by atoms with Crippen LogP contribution in [0.5, 0.6) is 0 Å². The van der Waals surface area contributed by atoms with Crippen molar-refractivity contribution >= 4 is 0 Å². The maximum absolute atomic E-state index is 0. The molecule has 0 aliphatic rings. The summed E-state index contributed by atoms with van der Waals surface area (Å²) in [5, 5.41) is 0. The SMILES string of the molecule is [Mn+3].[O-2].[O-2].[O-2].[Y+3]. The first-order valence-corrected chi connectivity index (χ1v) is 0. The predicted octanol–water partition coefficient (Wildman–Crippen LogP) is -0.361. The number of hydrogen-bond acceptors (Lipinski definition) is 0. The van der Waals surface area contributed by atoms with Gasteiger partial charge in [-0.05, 0) is 0 Å². The van der Waals surface area contributed by atoms with Crippen molar-refractivity contribution in [1.29, 1.82) is 0 Å². The smallest absolute Gasteiger partial charge is 2.00 e. The Labute approximate surface area is 65.8 Å². The van der Waals surface area contributed by atoms with Gasteiger partial charge in [0.25, 0.3) is 0 Å². The van der Waals surface area contributed by atoms with E-state index in [4.69, 9.17) is 0 Å². The van der Waals surface area contributed by atoms with Crippen LogP contribution in [0.2, 0.25) is 0 Å². The number of hydrogen-bond donors (Lipinski definition) is 0. The van der Waals surface area contributed by atoms with Crippen molar-refractivity contribution in [2.45, 2.75) is 0 Å². The van der Waals surface area contributed by atoms with Crippen molar-refractivity contribution in [2.75, 3.05) is 0 Å². The van der Waals surface area contributed by atoms with E-state index in [0.29, 0.717) is 0 Å². The summed E-state index contributed by atoms with van der Waals surface area (Å²) in [5.74, 6) is 0. The average Bonchev–Trinajstić information content (AvgIpc) is 0. The van der Waals surface area contributed by atoms with Gasteiger partial charge in [0.15, 0.2) is 0 Å². The maximum Gasteiger partial charge on any atom is 3.00 e. The molecule has 0 unspecified atom stereocenters. The summed E-state index contributed by atoms with van der Waals surface area (Å²) in [5.41, 5.74) is 0. The average molecular weight is 192 g/mol. The zero-order valence-corrected chi connectivity index (χ0v) is 6.20. The van der Waals surface area contributed by atoms with Crippen LogP contribution in [0.1, 0.15) is 0 Å². The standard InChI is InChI=1S/Mn.3O.Y/q+3;3*-2;+3. The topological polar surface area (TPSA) is 85.5 Å². The molecule has 5 heavy (non-hydrogen) atoms. The second kappa shape index (κ2) is 49.4. The van der Waals surface area contributed by atoms with Crippen molar-refractivity contribution in [3.8, 4) is 0 Å². The summed E-state index contributed by atoms with van der Waals surface area (Å²) in [7, 11) is 0. The first-order valence-electron chi connectivity index (χ1n) is 0. The van der Waals surface area contributed by atoms with E-state index in [1.54, 1.807) is 0 Å². The van der Waals surface area contributed by atoms with Gasteiger partial charge in [-0.2, -0.15) is 0 Å². The molecular weight excluding hydrogens is 192 g/mol. The second-order valence-electron chi connectivity index (χ2n) is 0. The van der Waals surface area contributed by atoms with Crippen LogP contribution in [0.4, 0.5) is 0 Å². The molecule has 0 bridgehead atoms. The van der Waals surface area contributed by atoms with Gasteiger partial charge in [0.05, 0.1) is 0 Å². The van der Waals surface area contributed by atoms with Crippen LogP contribution in [0.3, 0.4) is 0 Å². The zero-order valence-electron chi connectivity index (χ0n) is 2.18. The molecule has 0 aromatic heterocycles. The molecule has 0 aliphatic heterocycles. The Morgan fingerprint density at radius 3 is 0.600 bits per heavy atom. The molecule has 5 heteroatoms. The third kappa shape index (κ3) is 29.9. The Balaban J connectivity index is 0. The van der Waals surface area contributed by atoms with E-state index in [-0.39, 0.29) is 66.2 Å². The quantitative estimate of drug-likeness (QED) is 0.469. The van der Waals surface area contributed by atoms with E-state index in [1.807, 2.05) is 0 Å². The Morgan fingerprint density at radius 1 is 0.600 bits per heavy atom. The van der Waals surface area contributed by atoms with Gasteiger partial charge < -0.3 is 16.4 Å². The van der Waals surface area contributed by atoms with Gasteiger partial charge in [-0.1, -0.05) is 0 Å². The summed E-state index contributed by atoms with van der Waals surface area (Å²) in [6.45, 7) is 0. The molecule has 0 aromatic carbocycles. The first-order chi connectivity index (χ1) is 0. The molecule has 28 valence electrons. The van der Waals surface area contributed by atoms with Crippen LogP contribution in [0, 0.1) is 0 Å². The van der Waals surface area contributed by atoms with E-state index < -0.39 is 0 Å². The summed E-state index contributed by atoms with van der Waals surface area (Å²) in [6.07, 6.45) is 0. The van der Waals surface area contributed by atoms with E-state index >= 15 is 0 Å². The molecule has 0 radical (unpaired) electrons. The molecule has 0 aromatic rings. The molecule has 0 heterocycles. The van der Waals surface area contributed by atoms with Gasteiger partial charge in [0, 0.05) is 0 Å². The summed E-state index contributed by atoms with van der Waals surface area (Å²) in [6, 6.07) is 0. The molecule has 0 aliphatic carbocycles. The fraction of sp³-hybridized carbons (Fsp3) is 0. The summed E-state index contributed by atoms with van der Waals surface area (Å²) >= 11 is 0. The molecule has 0 rings (SSSR count). The predicted molar refractivity (Wildman–Crippen MR) is 2.06 cm³/mol. The van der Waals surface area contributed by atoms with E-state index in [1.165, 1.54) is 0 Å². The van der Waals surface area contributed by atoms with Crippen LogP contribution in [0.15, 0.2) is 0 Å². The minimum absolute atomic E-state index is 0. The third-order valence-electron chi connectivity index (χ3n) is 0. The minimum atomic E-state index is 0. The summed E-state index contributed by atoms with van der Waals surface area (Å²) < 4.78 is 0. The number of rotatable bonds is 0. The van der Waals surface area contributed by atoms with Crippen LogP contribution in [0.25, 0.3) is 0 Å². The van der Waals surface area contributed by atoms with Crippen LogP contribution in [-0.2, 0) is 66.2 Å². The monoisotopic (exact) mass is 192 g/mol. The Morgan fingerprint density at radius 2 is 0.600 bits per heavy atom. The molecule has 0 atom stereocenters. The van der Waals surface area contributed by atoms with Crippen LogP contribution < -0.4 is 0 Å². The Kier molecular flexibility index (Phi) is 861. The Bertz CT molecular complexity index is 6.85. The Hall–Kier alpha value is 1.50. The molecular formula is MnO3Y. The minimum Gasteiger partial charge on any atom is -2.00 e. The molecule has 0 amide bonds. The van der Waals surface area contributed by atoms with Gasteiger partial charge in [0.2, 0.25) is 0 Å². The molecule has 0 saturated heterocycles. The van der Waals surface area contributed by atoms with Crippen molar-refractivity contribution in [2.24, 2.45) is 0 Å². The molecule has 0 saturated carbocycles. The van der Waals surface area contributed by atoms with E-state index in [0.717, 1.165) is 0 Å². The van der Waals surface area contributed by atoms with Crippen molar-refractivity contribution < 1.29 is 66.2 Å². The van der Waals surface area contributed by atoms with Crippen LogP contribution >= 0.6 is 0 Å². The normalized spacial score (nSPS) is 0. The zero-order chi connectivity index (χ0) is 0. The third-order valence-corrected chi connectivity index (χ3v) is 0. The molecule has 0 spiro atoms. The molecule has 3 nitrogen and oxygen atoms in total. The molecule has 0 fully saturated rings.